The summed E-state index contributed by atoms with van der Waals surface area (Å²) in [7, 11) is 0. The number of aromatic amines is 1. The molecule has 150 valence electrons. The van der Waals surface area contributed by atoms with Gasteiger partial charge in [-0.2, -0.15) is 0 Å². The molecule has 30 heavy (non-hydrogen) atoms. The van der Waals surface area contributed by atoms with Crippen LogP contribution >= 0.6 is 0 Å². The number of nitrogens with one attached hydrogen (secondary N) is 3. The highest BCUT2D eigenvalue weighted by Gasteiger charge is 2.12. The summed E-state index contributed by atoms with van der Waals surface area (Å²) >= 11 is 0. The molecular weight excluding hydrogens is 372 g/mol. The summed E-state index contributed by atoms with van der Waals surface area (Å²) in [4.78, 5) is 20.9. The number of carbonyl (C=O) groups excluding carboxylic acids is 1. The van der Waals surface area contributed by atoms with Crippen LogP contribution in [0.4, 0.5) is 11.4 Å². The minimum Gasteiger partial charge on any atom is -0.359 e. The fraction of sp³-hybridized carbons (Fsp3) is 0.120. The van der Waals surface area contributed by atoms with Gasteiger partial charge in [0.15, 0.2) is 0 Å². The van der Waals surface area contributed by atoms with Gasteiger partial charge in [-0.3, -0.25) is 4.79 Å². The van der Waals surface area contributed by atoms with Crippen LogP contribution in [0.15, 0.2) is 72.9 Å². The standard InChI is InChI=1S/C25H24N4O/c1-15(2)26-22-14-19(12-10-16(22)3)25(30)29-23-13-18(11-9-17(23)4)24-27-20-7-5-6-8-21(20)28-24/h5-14,26H,1H2,2-4H3,(H,27,28)(H,29,30). The molecule has 1 amide bonds. The highest BCUT2D eigenvalue weighted by Crippen LogP contribution is 2.26. The van der Waals surface area contributed by atoms with Crippen LogP contribution in [0, 0.1) is 13.8 Å². The maximum absolute atomic E-state index is 12.9. The van der Waals surface area contributed by atoms with E-state index in [1.54, 1.807) is 0 Å². The Hall–Kier alpha value is -3.86. The first kappa shape index (κ1) is 19.5. The van der Waals surface area contributed by atoms with Crippen molar-refractivity contribution < 1.29 is 4.79 Å². The summed E-state index contributed by atoms with van der Waals surface area (Å²) in [6, 6.07) is 19.5. The van der Waals surface area contributed by atoms with Gasteiger partial charge in [0.2, 0.25) is 0 Å². The van der Waals surface area contributed by atoms with Gasteiger partial charge in [0, 0.05) is 28.2 Å². The van der Waals surface area contributed by atoms with Crippen molar-refractivity contribution in [3.8, 4) is 11.4 Å². The molecule has 0 aliphatic rings. The van der Waals surface area contributed by atoms with Crippen molar-refractivity contribution in [1.29, 1.82) is 0 Å². The Kier molecular flexibility index (Phi) is 5.11. The van der Waals surface area contributed by atoms with E-state index >= 15 is 0 Å². The third-order valence-electron chi connectivity index (χ3n) is 5.00. The number of para-hydroxylation sites is 2. The molecule has 0 saturated heterocycles. The molecule has 3 aromatic carbocycles. The van der Waals surface area contributed by atoms with Crippen LogP contribution in [0.25, 0.3) is 22.4 Å². The van der Waals surface area contributed by atoms with Crippen molar-refractivity contribution in [3.05, 3.63) is 89.6 Å². The first-order valence-electron chi connectivity index (χ1n) is 9.81. The Labute approximate surface area is 175 Å². The number of allylic oxidation sites excluding steroid dienone is 1. The maximum Gasteiger partial charge on any atom is 0.255 e. The van der Waals surface area contributed by atoms with Gasteiger partial charge < -0.3 is 15.6 Å². The zero-order valence-corrected chi connectivity index (χ0v) is 17.3. The van der Waals surface area contributed by atoms with Gasteiger partial charge in [-0.15, -0.1) is 0 Å². The van der Waals surface area contributed by atoms with E-state index in [4.69, 9.17) is 0 Å². The van der Waals surface area contributed by atoms with Crippen molar-refractivity contribution >= 4 is 28.3 Å². The van der Waals surface area contributed by atoms with Crippen LogP contribution in [-0.4, -0.2) is 15.9 Å². The molecule has 4 rings (SSSR count). The van der Waals surface area contributed by atoms with Gasteiger partial charge in [0.25, 0.3) is 5.91 Å². The Morgan fingerprint density at radius 3 is 2.37 bits per heavy atom. The molecule has 0 atom stereocenters. The smallest absolute Gasteiger partial charge is 0.255 e. The number of amides is 1. The fourth-order valence-corrected chi connectivity index (χ4v) is 3.32. The van der Waals surface area contributed by atoms with Crippen LogP contribution in [-0.2, 0) is 0 Å². The fourth-order valence-electron chi connectivity index (χ4n) is 3.32. The molecule has 5 nitrogen and oxygen atoms in total. The Bertz CT molecular complexity index is 1240. The average molecular weight is 396 g/mol. The van der Waals surface area contributed by atoms with E-state index in [0.717, 1.165) is 50.6 Å². The lowest BCUT2D eigenvalue weighted by atomic mass is 10.1. The molecule has 0 fully saturated rings. The van der Waals surface area contributed by atoms with Crippen molar-refractivity contribution in [2.24, 2.45) is 0 Å². The zero-order valence-electron chi connectivity index (χ0n) is 17.3. The minimum atomic E-state index is -0.162. The molecule has 0 unspecified atom stereocenters. The molecule has 0 bridgehead atoms. The van der Waals surface area contributed by atoms with Gasteiger partial charge in [-0.05, 0) is 62.2 Å². The third kappa shape index (κ3) is 3.96. The van der Waals surface area contributed by atoms with Crippen LogP contribution in [0.5, 0.6) is 0 Å². The number of hydrogen-bond acceptors (Lipinski definition) is 3. The van der Waals surface area contributed by atoms with Gasteiger partial charge in [0.1, 0.15) is 5.82 Å². The Balaban J connectivity index is 1.62. The number of anilines is 2. The molecule has 0 saturated carbocycles. The second-order valence-electron chi connectivity index (χ2n) is 7.52. The topological polar surface area (TPSA) is 69.8 Å². The van der Waals surface area contributed by atoms with E-state index in [0.29, 0.717) is 5.56 Å². The van der Waals surface area contributed by atoms with E-state index in [-0.39, 0.29) is 5.91 Å². The SMILES string of the molecule is C=C(C)Nc1cc(C(=O)Nc2cc(-c3nc4ccccc4[nH]3)ccc2C)ccc1C. The Morgan fingerprint density at radius 1 is 0.933 bits per heavy atom. The molecular formula is C25H24N4O. The molecule has 0 spiro atoms. The lowest BCUT2D eigenvalue weighted by molar-refractivity contribution is 0.102. The van der Waals surface area contributed by atoms with Crippen molar-refractivity contribution in [3.63, 3.8) is 0 Å². The minimum absolute atomic E-state index is 0.162. The van der Waals surface area contributed by atoms with E-state index in [9.17, 15) is 4.79 Å². The van der Waals surface area contributed by atoms with Crippen molar-refractivity contribution in [2.45, 2.75) is 20.8 Å². The third-order valence-corrected chi connectivity index (χ3v) is 5.00. The summed E-state index contributed by atoms with van der Waals surface area (Å²) in [5.41, 5.74) is 7.89. The summed E-state index contributed by atoms with van der Waals surface area (Å²) in [5, 5.41) is 6.24. The highest BCUT2D eigenvalue weighted by molar-refractivity contribution is 6.05. The van der Waals surface area contributed by atoms with E-state index in [1.807, 2.05) is 81.4 Å². The summed E-state index contributed by atoms with van der Waals surface area (Å²) in [6.07, 6.45) is 0. The number of fused-ring (bicyclic) bond motifs is 1. The molecule has 4 aromatic rings. The number of H-pyrrole nitrogens is 1. The molecule has 3 N–H and O–H groups in total. The lowest BCUT2D eigenvalue weighted by Crippen LogP contribution is -2.13. The molecule has 0 aliphatic heterocycles. The van der Waals surface area contributed by atoms with E-state index in [2.05, 4.69) is 27.2 Å². The Morgan fingerprint density at radius 2 is 1.63 bits per heavy atom. The number of benzene rings is 3. The van der Waals surface area contributed by atoms with Gasteiger partial charge in [-0.25, -0.2) is 4.98 Å². The lowest BCUT2D eigenvalue weighted by Gasteiger charge is -2.13. The van der Waals surface area contributed by atoms with Gasteiger partial charge in [0.05, 0.1) is 11.0 Å². The van der Waals surface area contributed by atoms with Crippen LogP contribution in [0.1, 0.15) is 28.4 Å². The average Bonchev–Trinajstić information content (AvgIpc) is 3.15. The van der Waals surface area contributed by atoms with Gasteiger partial charge in [-0.1, -0.05) is 36.9 Å². The summed E-state index contributed by atoms with van der Waals surface area (Å²) in [5.74, 6) is 0.611. The second-order valence-corrected chi connectivity index (χ2v) is 7.52. The first-order chi connectivity index (χ1) is 14.4. The number of nitrogens with zero attached hydrogens (tertiary/aromatic N) is 1. The van der Waals surface area contributed by atoms with Crippen molar-refractivity contribution in [2.75, 3.05) is 10.6 Å². The van der Waals surface area contributed by atoms with E-state index < -0.39 is 0 Å². The largest absolute Gasteiger partial charge is 0.359 e. The maximum atomic E-state index is 12.9. The number of imidazole rings is 1. The van der Waals surface area contributed by atoms with Gasteiger partial charge >= 0.3 is 0 Å². The number of aromatic nitrogens is 2. The van der Waals surface area contributed by atoms with Crippen molar-refractivity contribution in [1.82, 2.24) is 9.97 Å². The summed E-state index contributed by atoms with van der Waals surface area (Å²) in [6.45, 7) is 9.73. The number of hydrogen-bond donors (Lipinski definition) is 3. The monoisotopic (exact) mass is 396 g/mol. The quantitative estimate of drug-likeness (QED) is 0.385. The molecule has 0 radical (unpaired) electrons. The number of carbonyl (C=O) groups is 1. The molecule has 1 heterocycles. The second kappa shape index (κ2) is 7.87. The number of rotatable bonds is 5. The van der Waals surface area contributed by atoms with Crippen LogP contribution in [0.2, 0.25) is 0 Å². The zero-order chi connectivity index (χ0) is 21.3. The molecule has 5 heteroatoms. The normalized spacial score (nSPS) is 10.8. The van der Waals surface area contributed by atoms with Crippen LogP contribution < -0.4 is 10.6 Å². The predicted octanol–water partition coefficient (Wildman–Crippen LogP) is 6.04. The number of aryl methyl sites for hydroxylation is 2. The molecule has 1 aromatic heterocycles. The first-order valence-corrected chi connectivity index (χ1v) is 9.81. The highest BCUT2D eigenvalue weighted by atomic mass is 16.1. The summed E-state index contributed by atoms with van der Waals surface area (Å²) < 4.78 is 0. The molecule has 0 aliphatic carbocycles. The van der Waals surface area contributed by atoms with Crippen LogP contribution in [0.3, 0.4) is 0 Å². The van der Waals surface area contributed by atoms with E-state index in [1.165, 1.54) is 0 Å². The predicted molar refractivity (Wildman–Crippen MR) is 124 cm³/mol.